The van der Waals surface area contributed by atoms with E-state index in [9.17, 15) is 13.2 Å². The highest BCUT2D eigenvalue weighted by Gasteiger charge is 2.20. The van der Waals surface area contributed by atoms with Gasteiger partial charge in [0.25, 0.3) is 0 Å². The van der Waals surface area contributed by atoms with E-state index >= 15 is 0 Å². The van der Waals surface area contributed by atoms with E-state index in [4.69, 9.17) is 11.6 Å². The number of carbonyl (C=O) groups excluding carboxylic acids is 1. The number of piperidine rings is 1. The van der Waals surface area contributed by atoms with Gasteiger partial charge in [-0.2, -0.15) is 0 Å². The predicted octanol–water partition coefficient (Wildman–Crippen LogP) is 3.64. The second kappa shape index (κ2) is 7.78. The summed E-state index contributed by atoms with van der Waals surface area (Å²) in [6.07, 6.45) is 2.47. The standard InChI is InChI=1S/C19H21ClN2O3S/c1-14-8-9-17(12-18(14)20)26(24,25)21-13-15-5-4-6-16(11-15)22-10-3-2-7-19(22)23/h4-6,8-9,11-12,21H,2-3,7,10,13H2,1H3. The van der Waals surface area contributed by atoms with Gasteiger partial charge in [0, 0.05) is 30.2 Å². The highest BCUT2D eigenvalue weighted by Crippen LogP contribution is 2.23. The summed E-state index contributed by atoms with van der Waals surface area (Å²) in [6.45, 7) is 2.67. The zero-order chi connectivity index (χ0) is 18.7. The molecule has 1 heterocycles. The molecule has 2 aromatic carbocycles. The highest BCUT2D eigenvalue weighted by atomic mass is 35.5. The third kappa shape index (κ3) is 4.26. The van der Waals surface area contributed by atoms with Crippen LogP contribution in [0.3, 0.4) is 0 Å². The number of carbonyl (C=O) groups is 1. The molecule has 1 N–H and O–H groups in total. The lowest BCUT2D eigenvalue weighted by Gasteiger charge is -2.27. The van der Waals surface area contributed by atoms with Crippen LogP contribution < -0.4 is 9.62 Å². The van der Waals surface area contributed by atoms with E-state index in [-0.39, 0.29) is 17.3 Å². The molecule has 1 aliphatic heterocycles. The zero-order valence-electron chi connectivity index (χ0n) is 14.5. The summed E-state index contributed by atoms with van der Waals surface area (Å²) in [4.78, 5) is 14.0. The van der Waals surface area contributed by atoms with Crippen LogP contribution in [0, 0.1) is 6.92 Å². The number of halogens is 1. The average Bonchev–Trinajstić information content (AvgIpc) is 2.63. The van der Waals surface area contributed by atoms with Crippen LogP contribution in [0.5, 0.6) is 0 Å². The third-order valence-electron chi connectivity index (χ3n) is 4.47. The van der Waals surface area contributed by atoms with Crippen LogP contribution in [0.4, 0.5) is 5.69 Å². The van der Waals surface area contributed by atoms with Crippen molar-refractivity contribution >= 4 is 33.2 Å². The topological polar surface area (TPSA) is 66.5 Å². The normalized spacial score (nSPS) is 15.3. The number of hydrogen-bond donors (Lipinski definition) is 1. The van der Waals surface area contributed by atoms with Crippen molar-refractivity contribution in [1.29, 1.82) is 0 Å². The number of sulfonamides is 1. The van der Waals surface area contributed by atoms with Gasteiger partial charge in [-0.1, -0.05) is 29.8 Å². The van der Waals surface area contributed by atoms with E-state index in [1.807, 2.05) is 31.2 Å². The fourth-order valence-electron chi connectivity index (χ4n) is 2.92. The molecule has 0 saturated carbocycles. The lowest BCUT2D eigenvalue weighted by molar-refractivity contribution is -0.119. The molecule has 0 aliphatic carbocycles. The van der Waals surface area contributed by atoms with Crippen LogP contribution >= 0.6 is 11.6 Å². The number of rotatable bonds is 5. The minimum atomic E-state index is -3.66. The molecule has 2 aromatic rings. The molecule has 3 rings (SSSR count). The summed E-state index contributed by atoms with van der Waals surface area (Å²) in [5, 5.41) is 0.415. The van der Waals surface area contributed by atoms with Gasteiger partial charge in [0.05, 0.1) is 4.90 Å². The number of amides is 1. The summed E-state index contributed by atoms with van der Waals surface area (Å²) >= 11 is 6.03. The number of nitrogens with one attached hydrogen (secondary N) is 1. The highest BCUT2D eigenvalue weighted by molar-refractivity contribution is 7.89. The lowest BCUT2D eigenvalue weighted by Crippen LogP contribution is -2.35. The first kappa shape index (κ1) is 18.9. The SMILES string of the molecule is Cc1ccc(S(=O)(=O)NCc2cccc(N3CCCCC3=O)c2)cc1Cl. The van der Waals surface area contributed by atoms with Gasteiger partial charge >= 0.3 is 0 Å². The first-order chi connectivity index (χ1) is 12.4. The maximum atomic E-state index is 12.5. The first-order valence-corrected chi connectivity index (χ1v) is 10.4. The van der Waals surface area contributed by atoms with E-state index in [0.717, 1.165) is 29.7 Å². The largest absolute Gasteiger partial charge is 0.312 e. The molecule has 0 aromatic heterocycles. The number of nitrogens with zero attached hydrogens (tertiary/aromatic N) is 1. The minimum absolute atomic E-state index is 0.114. The van der Waals surface area contributed by atoms with Gasteiger partial charge in [-0.15, -0.1) is 0 Å². The van der Waals surface area contributed by atoms with Gasteiger partial charge < -0.3 is 4.90 Å². The molecule has 5 nitrogen and oxygen atoms in total. The Balaban J connectivity index is 1.74. The summed E-state index contributed by atoms with van der Waals surface area (Å²) in [6, 6.07) is 12.1. The monoisotopic (exact) mass is 392 g/mol. The van der Waals surface area contributed by atoms with Crippen LogP contribution in [0.15, 0.2) is 47.4 Å². The Bertz CT molecular complexity index is 928. The smallest absolute Gasteiger partial charge is 0.240 e. The molecule has 1 aliphatic rings. The van der Waals surface area contributed by atoms with E-state index in [1.165, 1.54) is 12.1 Å². The van der Waals surface area contributed by atoms with Crippen molar-refractivity contribution in [3.05, 3.63) is 58.6 Å². The van der Waals surface area contributed by atoms with Gasteiger partial charge in [0.1, 0.15) is 0 Å². The van der Waals surface area contributed by atoms with Crippen molar-refractivity contribution in [2.24, 2.45) is 0 Å². The molecule has 1 fully saturated rings. The Morgan fingerprint density at radius 1 is 1.15 bits per heavy atom. The van der Waals surface area contributed by atoms with Gasteiger partial charge in [-0.05, 0) is 55.2 Å². The fraction of sp³-hybridized carbons (Fsp3) is 0.316. The number of aryl methyl sites for hydroxylation is 1. The summed E-state index contributed by atoms with van der Waals surface area (Å²) in [5.41, 5.74) is 2.43. The van der Waals surface area contributed by atoms with E-state index < -0.39 is 10.0 Å². The van der Waals surface area contributed by atoms with Crippen LogP contribution in [0.25, 0.3) is 0 Å². The Kier molecular flexibility index (Phi) is 5.65. The third-order valence-corrected chi connectivity index (χ3v) is 6.27. The molecule has 0 radical (unpaired) electrons. The number of hydrogen-bond acceptors (Lipinski definition) is 3. The summed E-state index contributed by atoms with van der Waals surface area (Å²) in [7, 11) is -3.66. The maximum Gasteiger partial charge on any atom is 0.240 e. The maximum absolute atomic E-state index is 12.5. The Morgan fingerprint density at radius 3 is 2.69 bits per heavy atom. The molecule has 0 bridgehead atoms. The van der Waals surface area contributed by atoms with Crippen molar-refractivity contribution in [3.8, 4) is 0 Å². The molecule has 0 unspecified atom stereocenters. The summed E-state index contributed by atoms with van der Waals surface area (Å²) < 4.78 is 27.5. The molecular weight excluding hydrogens is 372 g/mol. The minimum Gasteiger partial charge on any atom is -0.312 e. The zero-order valence-corrected chi connectivity index (χ0v) is 16.1. The number of benzene rings is 2. The first-order valence-electron chi connectivity index (χ1n) is 8.52. The summed E-state index contributed by atoms with van der Waals surface area (Å²) in [5.74, 6) is 0.114. The van der Waals surface area contributed by atoms with Crippen molar-refractivity contribution in [2.75, 3.05) is 11.4 Å². The van der Waals surface area contributed by atoms with Crippen LogP contribution in [0.1, 0.15) is 30.4 Å². The second-order valence-corrected chi connectivity index (χ2v) is 8.58. The Labute approximate surface area is 159 Å². The Morgan fingerprint density at radius 2 is 1.96 bits per heavy atom. The van der Waals surface area contributed by atoms with Crippen molar-refractivity contribution in [1.82, 2.24) is 4.72 Å². The molecule has 1 saturated heterocycles. The van der Waals surface area contributed by atoms with Gasteiger partial charge in [0.15, 0.2) is 0 Å². The fourth-order valence-corrected chi connectivity index (χ4v) is 4.20. The average molecular weight is 393 g/mol. The predicted molar refractivity (Wildman–Crippen MR) is 103 cm³/mol. The van der Waals surface area contributed by atoms with E-state index in [0.29, 0.717) is 18.0 Å². The Hall–Kier alpha value is -1.89. The molecule has 26 heavy (non-hydrogen) atoms. The lowest BCUT2D eigenvalue weighted by atomic mass is 10.1. The number of anilines is 1. The van der Waals surface area contributed by atoms with E-state index in [2.05, 4.69) is 4.72 Å². The molecular formula is C19H21ClN2O3S. The van der Waals surface area contributed by atoms with Gasteiger partial charge in [-0.25, -0.2) is 13.1 Å². The van der Waals surface area contributed by atoms with E-state index in [1.54, 1.807) is 11.0 Å². The van der Waals surface area contributed by atoms with Gasteiger partial charge in [0.2, 0.25) is 15.9 Å². The second-order valence-electron chi connectivity index (χ2n) is 6.41. The molecule has 7 heteroatoms. The molecule has 138 valence electrons. The van der Waals surface area contributed by atoms with Crippen molar-refractivity contribution in [2.45, 2.75) is 37.6 Å². The molecule has 1 amide bonds. The molecule has 0 atom stereocenters. The molecule has 0 spiro atoms. The quantitative estimate of drug-likeness (QED) is 0.844. The van der Waals surface area contributed by atoms with Crippen LogP contribution in [0.2, 0.25) is 5.02 Å². The van der Waals surface area contributed by atoms with Crippen molar-refractivity contribution < 1.29 is 13.2 Å². The van der Waals surface area contributed by atoms with Crippen LogP contribution in [-0.2, 0) is 21.4 Å². The van der Waals surface area contributed by atoms with Crippen molar-refractivity contribution in [3.63, 3.8) is 0 Å². The van der Waals surface area contributed by atoms with Crippen LogP contribution in [-0.4, -0.2) is 20.9 Å². The van der Waals surface area contributed by atoms with Gasteiger partial charge in [-0.3, -0.25) is 4.79 Å².